The van der Waals surface area contributed by atoms with Crippen LogP contribution in [0.4, 0.5) is 0 Å². The van der Waals surface area contributed by atoms with Crippen LogP contribution < -0.4 is 0 Å². The first-order valence-corrected chi connectivity index (χ1v) is 7.84. The summed E-state index contributed by atoms with van der Waals surface area (Å²) in [6.07, 6.45) is 0.970. The minimum atomic E-state index is 0.0991. The number of nitrogens with zero attached hydrogens (tertiary/aromatic N) is 1. The Balaban J connectivity index is 2.33. The third-order valence-electron chi connectivity index (χ3n) is 4.24. The first kappa shape index (κ1) is 15.8. The number of pyridine rings is 1. The molecule has 2 rings (SSSR count). The van der Waals surface area contributed by atoms with E-state index in [9.17, 15) is 0 Å². The van der Waals surface area contributed by atoms with E-state index < -0.39 is 0 Å². The molecule has 0 saturated carbocycles. The van der Waals surface area contributed by atoms with Crippen molar-refractivity contribution in [2.45, 2.75) is 59.3 Å². The molecule has 1 aromatic carbocycles. The number of hydrogen-bond acceptors (Lipinski definition) is 1. The molecule has 0 atom stereocenters. The second-order valence-electron chi connectivity index (χ2n) is 7.04. The van der Waals surface area contributed by atoms with E-state index in [4.69, 9.17) is 4.98 Å². The molecule has 0 aliphatic rings. The molecule has 1 nitrogen and oxygen atoms in total. The highest BCUT2D eigenvalue weighted by Crippen LogP contribution is 2.30. The zero-order valence-corrected chi connectivity index (χ0v) is 14.2. The Kier molecular flexibility index (Phi) is 4.51. The van der Waals surface area contributed by atoms with Crippen LogP contribution in [0, 0.1) is 13.8 Å². The number of rotatable bonds is 4. The average molecular weight is 281 g/mol. The van der Waals surface area contributed by atoms with Crippen LogP contribution >= 0.6 is 0 Å². The molecule has 0 aliphatic carbocycles. The standard InChI is InChI=1S/C20H27N/c1-14(2)19-16(4)11-12-17(21-19)13-20(5,6)18-10-8-7-9-15(18)3/h7-12,14H,13H2,1-6H3. The lowest BCUT2D eigenvalue weighted by atomic mass is 9.78. The van der Waals surface area contributed by atoms with Crippen LogP contribution in [0.1, 0.15) is 61.7 Å². The van der Waals surface area contributed by atoms with E-state index in [1.165, 1.54) is 28.1 Å². The van der Waals surface area contributed by atoms with Crippen molar-refractivity contribution >= 4 is 0 Å². The molecule has 0 saturated heterocycles. The van der Waals surface area contributed by atoms with Crippen LogP contribution in [0.25, 0.3) is 0 Å². The van der Waals surface area contributed by atoms with Gasteiger partial charge in [0.25, 0.3) is 0 Å². The van der Waals surface area contributed by atoms with E-state index in [2.05, 4.69) is 77.9 Å². The summed E-state index contributed by atoms with van der Waals surface area (Å²) < 4.78 is 0. The molecule has 0 bridgehead atoms. The number of hydrogen-bond donors (Lipinski definition) is 0. The van der Waals surface area contributed by atoms with Crippen molar-refractivity contribution in [1.29, 1.82) is 0 Å². The fourth-order valence-corrected chi connectivity index (χ4v) is 3.15. The van der Waals surface area contributed by atoms with Gasteiger partial charge < -0.3 is 0 Å². The van der Waals surface area contributed by atoms with Crippen molar-refractivity contribution in [3.8, 4) is 0 Å². The zero-order chi connectivity index (χ0) is 15.6. The van der Waals surface area contributed by atoms with Gasteiger partial charge in [-0.05, 0) is 54.4 Å². The lowest BCUT2D eigenvalue weighted by molar-refractivity contribution is 0.510. The molecular formula is C20H27N. The first-order valence-electron chi connectivity index (χ1n) is 7.84. The molecule has 0 radical (unpaired) electrons. The number of aromatic nitrogens is 1. The van der Waals surface area contributed by atoms with E-state index in [1.54, 1.807) is 0 Å². The molecular weight excluding hydrogens is 254 g/mol. The Bertz CT molecular complexity index is 623. The molecule has 1 heteroatoms. The fourth-order valence-electron chi connectivity index (χ4n) is 3.15. The van der Waals surface area contributed by atoms with Crippen molar-refractivity contribution < 1.29 is 0 Å². The zero-order valence-electron chi connectivity index (χ0n) is 14.2. The Morgan fingerprint density at radius 2 is 1.62 bits per heavy atom. The topological polar surface area (TPSA) is 12.9 Å². The second-order valence-corrected chi connectivity index (χ2v) is 7.04. The third kappa shape index (κ3) is 3.53. The van der Waals surface area contributed by atoms with Crippen LogP contribution in [0.2, 0.25) is 0 Å². The summed E-state index contributed by atoms with van der Waals surface area (Å²) in [5, 5.41) is 0. The van der Waals surface area contributed by atoms with E-state index in [0.717, 1.165) is 6.42 Å². The molecule has 2 aromatic rings. The van der Waals surface area contributed by atoms with Crippen molar-refractivity contribution in [1.82, 2.24) is 4.98 Å². The van der Waals surface area contributed by atoms with Crippen molar-refractivity contribution in [2.24, 2.45) is 0 Å². The lowest BCUT2D eigenvalue weighted by Gasteiger charge is -2.27. The summed E-state index contributed by atoms with van der Waals surface area (Å²) in [4.78, 5) is 4.91. The molecule has 0 unspecified atom stereocenters. The van der Waals surface area contributed by atoms with Crippen molar-refractivity contribution in [3.63, 3.8) is 0 Å². The van der Waals surface area contributed by atoms with Gasteiger partial charge in [0.1, 0.15) is 0 Å². The van der Waals surface area contributed by atoms with Crippen LogP contribution in [-0.4, -0.2) is 4.98 Å². The normalized spacial score (nSPS) is 12.0. The SMILES string of the molecule is Cc1ccccc1C(C)(C)Cc1ccc(C)c(C(C)C)n1. The molecule has 0 spiro atoms. The number of benzene rings is 1. The smallest absolute Gasteiger partial charge is 0.0461 e. The van der Waals surface area contributed by atoms with Crippen LogP contribution in [0.15, 0.2) is 36.4 Å². The van der Waals surface area contributed by atoms with Crippen molar-refractivity contribution in [2.75, 3.05) is 0 Å². The summed E-state index contributed by atoms with van der Waals surface area (Å²) in [5.74, 6) is 0.478. The number of aryl methyl sites for hydroxylation is 2. The quantitative estimate of drug-likeness (QED) is 0.737. The molecule has 0 aliphatic heterocycles. The monoisotopic (exact) mass is 281 g/mol. The maximum atomic E-state index is 4.91. The van der Waals surface area contributed by atoms with Gasteiger partial charge in [-0.2, -0.15) is 0 Å². The second kappa shape index (κ2) is 6.01. The largest absolute Gasteiger partial charge is 0.257 e. The highest BCUT2D eigenvalue weighted by Gasteiger charge is 2.23. The van der Waals surface area contributed by atoms with Gasteiger partial charge >= 0.3 is 0 Å². The van der Waals surface area contributed by atoms with Crippen molar-refractivity contribution in [3.05, 3.63) is 64.5 Å². The molecule has 0 fully saturated rings. The van der Waals surface area contributed by atoms with Gasteiger partial charge in [0.2, 0.25) is 0 Å². The summed E-state index contributed by atoms with van der Waals surface area (Å²) in [5.41, 5.74) is 6.59. The van der Waals surface area contributed by atoms with E-state index >= 15 is 0 Å². The predicted molar refractivity (Wildman–Crippen MR) is 91.0 cm³/mol. The van der Waals surface area contributed by atoms with Gasteiger partial charge in [0, 0.05) is 11.4 Å². The average Bonchev–Trinajstić information content (AvgIpc) is 2.40. The fraction of sp³-hybridized carbons (Fsp3) is 0.450. The van der Waals surface area contributed by atoms with E-state index in [0.29, 0.717) is 5.92 Å². The van der Waals surface area contributed by atoms with E-state index in [1.807, 2.05) is 0 Å². The highest BCUT2D eigenvalue weighted by atomic mass is 14.7. The Morgan fingerprint density at radius 1 is 0.952 bits per heavy atom. The molecule has 21 heavy (non-hydrogen) atoms. The van der Waals surface area contributed by atoms with Gasteiger partial charge in [-0.25, -0.2) is 0 Å². The van der Waals surface area contributed by atoms with Gasteiger partial charge in [0.05, 0.1) is 0 Å². The summed E-state index contributed by atoms with van der Waals surface area (Å²) in [6, 6.07) is 13.1. The molecule has 112 valence electrons. The Labute approximate surface area is 129 Å². The summed E-state index contributed by atoms with van der Waals surface area (Å²) in [7, 11) is 0. The van der Waals surface area contributed by atoms with Crippen LogP contribution in [0.3, 0.4) is 0 Å². The summed E-state index contributed by atoms with van der Waals surface area (Å²) in [6.45, 7) is 13.4. The van der Waals surface area contributed by atoms with Gasteiger partial charge in [-0.3, -0.25) is 4.98 Å². The van der Waals surface area contributed by atoms with Gasteiger partial charge in [-0.1, -0.05) is 58.0 Å². The molecule has 0 amide bonds. The minimum absolute atomic E-state index is 0.0991. The molecule has 0 N–H and O–H groups in total. The van der Waals surface area contributed by atoms with Gasteiger partial charge in [0.15, 0.2) is 0 Å². The first-order chi connectivity index (χ1) is 9.81. The maximum absolute atomic E-state index is 4.91. The summed E-state index contributed by atoms with van der Waals surface area (Å²) >= 11 is 0. The third-order valence-corrected chi connectivity index (χ3v) is 4.24. The molecule has 1 aromatic heterocycles. The van der Waals surface area contributed by atoms with E-state index in [-0.39, 0.29) is 5.41 Å². The van der Waals surface area contributed by atoms with Crippen LogP contribution in [0.5, 0.6) is 0 Å². The minimum Gasteiger partial charge on any atom is -0.257 e. The predicted octanol–water partition coefficient (Wildman–Crippen LogP) is 5.34. The van der Waals surface area contributed by atoms with Crippen LogP contribution in [-0.2, 0) is 11.8 Å². The Morgan fingerprint density at radius 3 is 2.24 bits per heavy atom. The Hall–Kier alpha value is -1.63. The lowest BCUT2D eigenvalue weighted by Crippen LogP contribution is -2.22. The highest BCUT2D eigenvalue weighted by molar-refractivity contribution is 5.34. The van der Waals surface area contributed by atoms with Gasteiger partial charge in [-0.15, -0.1) is 0 Å². The maximum Gasteiger partial charge on any atom is 0.0461 e. The molecule has 1 heterocycles.